The van der Waals surface area contributed by atoms with E-state index in [1.165, 1.54) is 11.9 Å². The van der Waals surface area contributed by atoms with E-state index >= 15 is 0 Å². The summed E-state index contributed by atoms with van der Waals surface area (Å²) in [5, 5.41) is 4.19. The molecule has 0 bridgehead atoms. The zero-order chi connectivity index (χ0) is 15.5. The molecule has 22 heavy (non-hydrogen) atoms. The first-order valence-corrected chi connectivity index (χ1v) is 6.92. The molecule has 0 aliphatic rings. The molecule has 0 amide bonds. The maximum Gasteiger partial charge on any atom is 0.187 e. The number of hydrogen-bond donors (Lipinski definition) is 1. The van der Waals surface area contributed by atoms with E-state index in [-0.39, 0.29) is 0 Å². The highest BCUT2D eigenvalue weighted by molar-refractivity contribution is 5.95. The minimum Gasteiger partial charge on any atom is -0.493 e. The predicted molar refractivity (Wildman–Crippen MR) is 87.1 cm³/mol. The van der Waals surface area contributed by atoms with Gasteiger partial charge in [-0.05, 0) is 31.2 Å². The van der Waals surface area contributed by atoms with Crippen LogP contribution < -0.4 is 14.8 Å². The van der Waals surface area contributed by atoms with Crippen LogP contribution in [0.25, 0.3) is 10.9 Å². The summed E-state index contributed by atoms with van der Waals surface area (Å²) in [6.45, 7) is 2.06. The van der Waals surface area contributed by atoms with Crippen molar-refractivity contribution in [3.05, 3.63) is 48.3 Å². The number of benzene rings is 2. The van der Waals surface area contributed by atoms with Crippen LogP contribution >= 0.6 is 0 Å². The fourth-order valence-corrected chi connectivity index (χ4v) is 2.32. The van der Waals surface area contributed by atoms with Gasteiger partial charge in [-0.1, -0.05) is 17.7 Å². The second kappa shape index (κ2) is 5.89. The predicted octanol–water partition coefficient (Wildman–Crippen LogP) is 3.70. The molecule has 0 radical (unpaired) electrons. The Labute approximate surface area is 128 Å². The SMILES string of the molecule is COc1ccc2c(Nc3ccc(C)cc3)ncnc2c1OC. The Morgan fingerprint density at radius 3 is 2.36 bits per heavy atom. The highest BCUT2D eigenvalue weighted by Crippen LogP contribution is 2.36. The molecular weight excluding hydrogens is 278 g/mol. The third-order valence-electron chi connectivity index (χ3n) is 3.46. The highest BCUT2D eigenvalue weighted by atomic mass is 16.5. The Morgan fingerprint density at radius 1 is 0.909 bits per heavy atom. The molecule has 3 rings (SSSR count). The number of aryl methyl sites for hydroxylation is 1. The Kier molecular flexibility index (Phi) is 3.78. The number of aromatic nitrogens is 2. The maximum atomic E-state index is 5.43. The molecule has 0 fully saturated rings. The minimum absolute atomic E-state index is 0.606. The monoisotopic (exact) mass is 295 g/mol. The summed E-state index contributed by atoms with van der Waals surface area (Å²) in [5.41, 5.74) is 2.90. The van der Waals surface area contributed by atoms with Crippen LogP contribution in [-0.4, -0.2) is 24.2 Å². The van der Waals surface area contributed by atoms with Gasteiger partial charge in [0.1, 0.15) is 17.7 Å². The van der Waals surface area contributed by atoms with Crippen LogP contribution in [0.4, 0.5) is 11.5 Å². The molecular formula is C17H17N3O2. The van der Waals surface area contributed by atoms with Gasteiger partial charge in [-0.25, -0.2) is 9.97 Å². The first-order valence-electron chi connectivity index (χ1n) is 6.92. The van der Waals surface area contributed by atoms with E-state index in [0.717, 1.165) is 16.9 Å². The molecule has 112 valence electrons. The topological polar surface area (TPSA) is 56.3 Å². The fraction of sp³-hybridized carbons (Fsp3) is 0.176. The lowest BCUT2D eigenvalue weighted by molar-refractivity contribution is 0.358. The van der Waals surface area contributed by atoms with Crippen LogP contribution in [0.1, 0.15) is 5.56 Å². The van der Waals surface area contributed by atoms with E-state index in [4.69, 9.17) is 9.47 Å². The van der Waals surface area contributed by atoms with Crippen molar-refractivity contribution >= 4 is 22.4 Å². The quantitative estimate of drug-likeness (QED) is 0.795. The summed E-state index contributed by atoms with van der Waals surface area (Å²) in [5.74, 6) is 1.99. The van der Waals surface area contributed by atoms with Crippen molar-refractivity contribution in [2.75, 3.05) is 19.5 Å². The van der Waals surface area contributed by atoms with Crippen molar-refractivity contribution in [3.8, 4) is 11.5 Å². The van der Waals surface area contributed by atoms with Gasteiger partial charge in [-0.3, -0.25) is 0 Å². The van der Waals surface area contributed by atoms with Gasteiger partial charge in [-0.15, -0.1) is 0 Å². The average Bonchev–Trinajstić information content (AvgIpc) is 2.56. The van der Waals surface area contributed by atoms with E-state index in [0.29, 0.717) is 17.0 Å². The Bertz CT molecular complexity index is 801. The highest BCUT2D eigenvalue weighted by Gasteiger charge is 2.13. The molecule has 0 aliphatic carbocycles. The molecule has 0 unspecified atom stereocenters. The molecule has 2 aromatic carbocycles. The smallest absolute Gasteiger partial charge is 0.187 e. The first-order chi connectivity index (χ1) is 10.7. The van der Waals surface area contributed by atoms with Crippen molar-refractivity contribution in [2.24, 2.45) is 0 Å². The lowest BCUT2D eigenvalue weighted by atomic mass is 10.2. The van der Waals surface area contributed by atoms with E-state index in [9.17, 15) is 0 Å². The van der Waals surface area contributed by atoms with Crippen LogP contribution in [0, 0.1) is 6.92 Å². The number of anilines is 2. The van der Waals surface area contributed by atoms with Crippen LogP contribution in [0.5, 0.6) is 11.5 Å². The summed E-state index contributed by atoms with van der Waals surface area (Å²) >= 11 is 0. The molecule has 0 saturated carbocycles. The van der Waals surface area contributed by atoms with Crippen LogP contribution in [0.3, 0.4) is 0 Å². The number of methoxy groups -OCH3 is 2. The van der Waals surface area contributed by atoms with Crippen LogP contribution in [0.15, 0.2) is 42.7 Å². The van der Waals surface area contributed by atoms with Gasteiger partial charge in [0.2, 0.25) is 0 Å². The van der Waals surface area contributed by atoms with Crippen molar-refractivity contribution in [1.29, 1.82) is 0 Å². The summed E-state index contributed by atoms with van der Waals surface area (Å²) in [7, 11) is 3.21. The van der Waals surface area contributed by atoms with E-state index in [2.05, 4.69) is 34.3 Å². The van der Waals surface area contributed by atoms with Gasteiger partial charge < -0.3 is 14.8 Å². The second-order valence-electron chi connectivity index (χ2n) is 4.91. The molecule has 1 N–H and O–H groups in total. The number of fused-ring (bicyclic) bond motifs is 1. The molecule has 1 aromatic heterocycles. The lowest BCUT2D eigenvalue weighted by Gasteiger charge is -2.12. The van der Waals surface area contributed by atoms with Gasteiger partial charge in [0, 0.05) is 11.1 Å². The number of rotatable bonds is 4. The second-order valence-corrected chi connectivity index (χ2v) is 4.91. The van der Waals surface area contributed by atoms with Crippen molar-refractivity contribution < 1.29 is 9.47 Å². The minimum atomic E-state index is 0.606. The van der Waals surface area contributed by atoms with Crippen molar-refractivity contribution in [1.82, 2.24) is 9.97 Å². The molecule has 5 nitrogen and oxygen atoms in total. The van der Waals surface area contributed by atoms with Gasteiger partial charge in [-0.2, -0.15) is 0 Å². The normalized spacial score (nSPS) is 10.5. The number of ether oxygens (including phenoxy) is 2. The maximum absolute atomic E-state index is 5.43. The van der Waals surface area contributed by atoms with Crippen molar-refractivity contribution in [2.45, 2.75) is 6.92 Å². The molecule has 5 heteroatoms. The molecule has 0 aliphatic heterocycles. The van der Waals surface area contributed by atoms with E-state index < -0.39 is 0 Å². The zero-order valence-electron chi connectivity index (χ0n) is 12.8. The zero-order valence-corrected chi connectivity index (χ0v) is 12.8. The summed E-state index contributed by atoms with van der Waals surface area (Å²) < 4.78 is 10.7. The van der Waals surface area contributed by atoms with Gasteiger partial charge in [0.05, 0.1) is 14.2 Å². The third kappa shape index (κ3) is 2.53. The van der Waals surface area contributed by atoms with Crippen molar-refractivity contribution in [3.63, 3.8) is 0 Å². The number of nitrogens with zero attached hydrogens (tertiary/aromatic N) is 2. The Morgan fingerprint density at radius 2 is 1.68 bits per heavy atom. The summed E-state index contributed by atoms with van der Waals surface area (Å²) in [4.78, 5) is 8.66. The number of nitrogens with one attached hydrogen (secondary N) is 1. The van der Waals surface area contributed by atoms with Gasteiger partial charge in [0.15, 0.2) is 11.5 Å². The fourth-order valence-electron chi connectivity index (χ4n) is 2.32. The average molecular weight is 295 g/mol. The number of hydrogen-bond acceptors (Lipinski definition) is 5. The van der Waals surface area contributed by atoms with Gasteiger partial charge in [0.25, 0.3) is 0 Å². The first kappa shape index (κ1) is 14.1. The van der Waals surface area contributed by atoms with Crippen LogP contribution in [0.2, 0.25) is 0 Å². The van der Waals surface area contributed by atoms with Crippen LogP contribution in [-0.2, 0) is 0 Å². The Balaban J connectivity index is 2.09. The molecule has 3 aromatic rings. The molecule has 0 saturated heterocycles. The molecule has 0 spiro atoms. The summed E-state index contributed by atoms with van der Waals surface area (Å²) in [6, 6.07) is 11.9. The Hall–Kier alpha value is -2.82. The van der Waals surface area contributed by atoms with E-state index in [1.807, 2.05) is 24.3 Å². The molecule has 1 heterocycles. The largest absolute Gasteiger partial charge is 0.493 e. The van der Waals surface area contributed by atoms with Gasteiger partial charge >= 0.3 is 0 Å². The standard InChI is InChI=1S/C17H17N3O2/c1-11-4-6-12(7-5-11)20-17-13-8-9-14(21-2)16(22-3)15(13)18-10-19-17/h4-10H,1-3H3,(H,18,19,20). The summed E-state index contributed by atoms with van der Waals surface area (Å²) in [6.07, 6.45) is 1.51. The lowest BCUT2D eigenvalue weighted by Crippen LogP contribution is -1.98. The molecule has 0 atom stereocenters. The third-order valence-corrected chi connectivity index (χ3v) is 3.46. The van der Waals surface area contributed by atoms with E-state index in [1.54, 1.807) is 14.2 Å².